The molecule has 0 bridgehead atoms. The Balaban J connectivity index is 1.26. The molecule has 0 radical (unpaired) electrons. The van der Waals surface area contributed by atoms with Crippen molar-refractivity contribution in [3.8, 4) is 0 Å². The van der Waals surface area contributed by atoms with Gasteiger partial charge in [-0.2, -0.15) is 4.72 Å². The van der Waals surface area contributed by atoms with Crippen molar-refractivity contribution in [1.29, 1.82) is 0 Å². The highest BCUT2D eigenvalue weighted by molar-refractivity contribution is 7.89. The molecule has 5 rings (SSSR count). The van der Waals surface area contributed by atoms with Gasteiger partial charge in [-0.05, 0) is 84.8 Å². The second kappa shape index (κ2) is 12.5. The average Bonchev–Trinajstić information content (AvgIpc) is 2.96. The van der Waals surface area contributed by atoms with Crippen LogP contribution in [0.25, 0.3) is 10.8 Å². The Morgan fingerprint density at radius 1 is 0.975 bits per heavy atom. The zero-order chi connectivity index (χ0) is 28.1. The number of nitrogens with one attached hydrogen (secondary N) is 2. The second-order valence-electron chi connectivity index (χ2n) is 10.8. The minimum Gasteiger partial charge on any atom is -0.468 e. The first-order valence-corrected chi connectivity index (χ1v) is 15.5. The van der Waals surface area contributed by atoms with Crippen molar-refractivity contribution in [1.82, 2.24) is 14.9 Å². The van der Waals surface area contributed by atoms with E-state index >= 15 is 0 Å². The summed E-state index contributed by atoms with van der Waals surface area (Å²) in [6, 6.07) is 17.1. The van der Waals surface area contributed by atoms with Crippen molar-refractivity contribution < 1.29 is 22.7 Å². The Hall–Kier alpha value is -3.27. The Morgan fingerprint density at radius 3 is 2.52 bits per heavy atom. The summed E-state index contributed by atoms with van der Waals surface area (Å²) in [5.74, 6) is -1.22. The van der Waals surface area contributed by atoms with E-state index in [0.29, 0.717) is 0 Å². The Labute approximate surface area is 236 Å². The SMILES string of the molecule is COC(=O)[C@@H](CC(=O)N[C@@H]1CCCc2cc(CN3CCCCC3)ccc21)NS(=O)(=O)c1ccc2ccccc2c1. The van der Waals surface area contributed by atoms with Crippen LogP contribution in [0.3, 0.4) is 0 Å². The lowest BCUT2D eigenvalue weighted by atomic mass is 9.86. The average molecular weight is 564 g/mol. The molecule has 3 aromatic rings. The largest absolute Gasteiger partial charge is 0.468 e. The number of sulfonamides is 1. The highest BCUT2D eigenvalue weighted by Gasteiger charge is 2.30. The van der Waals surface area contributed by atoms with Crippen LogP contribution in [0.4, 0.5) is 0 Å². The van der Waals surface area contributed by atoms with Crippen LogP contribution in [-0.2, 0) is 37.3 Å². The summed E-state index contributed by atoms with van der Waals surface area (Å²) in [5.41, 5.74) is 3.63. The summed E-state index contributed by atoms with van der Waals surface area (Å²) in [6.07, 6.45) is 6.15. The van der Waals surface area contributed by atoms with Crippen molar-refractivity contribution in [3.05, 3.63) is 77.4 Å². The summed E-state index contributed by atoms with van der Waals surface area (Å²) < 4.78 is 33.6. The molecule has 1 fully saturated rings. The predicted octanol–water partition coefficient (Wildman–Crippen LogP) is 4.23. The van der Waals surface area contributed by atoms with E-state index in [-0.39, 0.29) is 17.4 Å². The molecule has 1 aliphatic carbocycles. The first kappa shape index (κ1) is 28.3. The molecule has 1 aliphatic heterocycles. The molecule has 9 heteroatoms. The van der Waals surface area contributed by atoms with Crippen molar-refractivity contribution in [3.63, 3.8) is 0 Å². The van der Waals surface area contributed by atoms with Crippen molar-refractivity contribution >= 4 is 32.7 Å². The molecule has 40 heavy (non-hydrogen) atoms. The molecule has 1 heterocycles. The number of hydrogen-bond acceptors (Lipinski definition) is 6. The number of piperidine rings is 1. The molecule has 2 aliphatic rings. The van der Waals surface area contributed by atoms with E-state index in [9.17, 15) is 18.0 Å². The number of aryl methyl sites for hydroxylation is 1. The zero-order valence-electron chi connectivity index (χ0n) is 22.9. The van der Waals surface area contributed by atoms with Crippen LogP contribution in [0.2, 0.25) is 0 Å². The normalized spacial score (nSPS) is 18.6. The summed E-state index contributed by atoms with van der Waals surface area (Å²) in [4.78, 5) is 28.2. The predicted molar refractivity (Wildman–Crippen MR) is 154 cm³/mol. The van der Waals surface area contributed by atoms with Gasteiger partial charge in [-0.3, -0.25) is 14.5 Å². The van der Waals surface area contributed by atoms with Gasteiger partial charge in [0, 0.05) is 6.54 Å². The monoisotopic (exact) mass is 563 g/mol. The minimum atomic E-state index is -4.09. The molecule has 1 saturated heterocycles. The van der Waals surface area contributed by atoms with Crippen LogP contribution in [0.1, 0.15) is 61.3 Å². The molecule has 0 unspecified atom stereocenters. The number of methoxy groups -OCH3 is 1. The van der Waals surface area contributed by atoms with Gasteiger partial charge < -0.3 is 10.1 Å². The lowest BCUT2D eigenvalue weighted by molar-refractivity contribution is -0.144. The standard InChI is InChI=1S/C31H37N3O5S/c1-39-31(36)29(33-40(37,38)26-14-13-23-8-3-4-9-24(23)19-26)20-30(35)32-28-11-7-10-25-18-22(12-15-27(25)28)21-34-16-5-2-6-17-34/h3-4,8-9,12-15,18-19,28-29,33H,2,5-7,10-11,16-17,20-21H2,1H3,(H,32,35)/t28-,29-/m1/s1. The maximum absolute atomic E-state index is 13.2. The molecule has 1 amide bonds. The summed E-state index contributed by atoms with van der Waals surface area (Å²) in [6.45, 7) is 3.23. The first-order valence-electron chi connectivity index (χ1n) is 14.0. The number of esters is 1. The lowest BCUT2D eigenvalue weighted by Gasteiger charge is -2.29. The molecule has 0 spiro atoms. The highest BCUT2D eigenvalue weighted by atomic mass is 32.2. The summed E-state index contributed by atoms with van der Waals surface area (Å²) in [7, 11) is -2.91. The van der Waals surface area contributed by atoms with Gasteiger partial charge in [0.15, 0.2) is 0 Å². The third-order valence-electron chi connectivity index (χ3n) is 7.92. The molecule has 0 aromatic heterocycles. The number of benzene rings is 3. The highest BCUT2D eigenvalue weighted by Crippen LogP contribution is 2.31. The number of rotatable bonds is 9. The Bertz CT molecular complexity index is 1480. The maximum atomic E-state index is 13.2. The molecule has 212 valence electrons. The van der Waals surface area contributed by atoms with E-state index in [1.807, 2.05) is 24.3 Å². The van der Waals surface area contributed by atoms with Gasteiger partial charge in [-0.15, -0.1) is 0 Å². The summed E-state index contributed by atoms with van der Waals surface area (Å²) in [5, 5.41) is 4.70. The number of amides is 1. The number of carbonyl (C=O) groups excluding carboxylic acids is 2. The number of fused-ring (bicyclic) bond motifs is 2. The van der Waals surface area contributed by atoms with Crippen LogP contribution < -0.4 is 10.0 Å². The number of likely N-dealkylation sites (tertiary alicyclic amines) is 1. The van der Waals surface area contributed by atoms with E-state index in [1.165, 1.54) is 43.6 Å². The van der Waals surface area contributed by atoms with Crippen LogP contribution >= 0.6 is 0 Å². The van der Waals surface area contributed by atoms with Gasteiger partial charge in [0.05, 0.1) is 24.5 Å². The van der Waals surface area contributed by atoms with Gasteiger partial charge in [0.1, 0.15) is 6.04 Å². The molecular weight excluding hydrogens is 526 g/mol. The quantitative estimate of drug-likeness (QED) is 0.378. The van der Waals surface area contributed by atoms with E-state index < -0.39 is 27.9 Å². The van der Waals surface area contributed by atoms with Crippen LogP contribution in [0.5, 0.6) is 0 Å². The van der Waals surface area contributed by atoms with E-state index in [2.05, 4.69) is 33.1 Å². The molecule has 2 N–H and O–H groups in total. The van der Waals surface area contributed by atoms with Gasteiger partial charge in [0.2, 0.25) is 15.9 Å². The molecular formula is C31H37N3O5S. The first-order chi connectivity index (χ1) is 19.3. The van der Waals surface area contributed by atoms with E-state index in [4.69, 9.17) is 4.74 Å². The fraction of sp³-hybridized carbons (Fsp3) is 0.419. The second-order valence-corrected chi connectivity index (χ2v) is 12.5. The number of nitrogens with zero attached hydrogens (tertiary/aromatic N) is 1. The van der Waals surface area contributed by atoms with Crippen molar-refractivity contribution in [2.75, 3.05) is 20.2 Å². The fourth-order valence-electron chi connectivity index (χ4n) is 5.84. The maximum Gasteiger partial charge on any atom is 0.324 e. The minimum absolute atomic E-state index is 0.0158. The Kier molecular flexibility index (Phi) is 8.83. The van der Waals surface area contributed by atoms with E-state index in [0.717, 1.165) is 55.2 Å². The summed E-state index contributed by atoms with van der Waals surface area (Å²) >= 11 is 0. The van der Waals surface area contributed by atoms with Gasteiger partial charge in [-0.25, -0.2) is 8.42 Å². The van der Waals surface area contributed by atoms with Crippen LogP contribution in [0, 0.1) is 0 Å². The number of ether oxygens (including phenoxy) is 1. The third kappa shape index (κ3) is 6.71. The Morgan fingerprint density at radius 2 is 1.75 bits per heavy atom. The fourth-order valence-corrected chi connectivity index (χ4v) is 7.06. The molecule has 3 aromatic carbocycles. The van der Waals surface area contributed by atoms with Gasteiger partial charge in [-0.1, -0.05) is 55.0 Å². The smallest absolute Gasteiger partial charge is 0.324 e. The molecule has 0 saturated carbocycles. The van der Waals surface area contributed by atoms with Crippen LogP contribution in [-0.4, -0.2) is 51.4 Å². The molecule has 2 atom stereocenters. The van der Waals surface area contributed by atoms with Crippen molar-refractivity contribution in [2.24, 2.45) is 0 Å². The number of hydrogen-bond donors (Lipinski definition) is 2. The van der Waals surface area contributed by atoms with Crippen LogP contribution in [0.15, 0.2) is 65.6 Å². The zero-order valence-corrected chi connectivity index (χ0v) is 23.7. The van der Waals surface area contributed by atoms with Gasteiger partial charge in [0.25, 0.3) is 0 Å². The topological polar surface area (TPSA) is 105 Å². The molecule has 8 nitrogen and oxygen atoms in total. The number of carbonyl (C=O) groups is 2. The van der Waals surface area contributed by atoms with E-state index in [1.54, 1.807) is 12.1 Å². The third-order valence-corrected chi connectivity index (χ3v) is 9.39. The van der Waals surface area contributed by atoms with Gasteiger partial charge >= 0.3 is 5.97 Å². The van der Waals surface area contributed by atoms with Crippen molar-refractivity contribution in [2.45, 2.75) is 68.5 Å². The lowest BCUT2D eigenvalue weighted by Crippen LogP contribution is -2.45.